The molecule has 0 saturated carbocycles. The Morgan fingerprint density at radius 2 is 1.74 bits per heavy atom. The van der Waals surface area contributed by atoms with Gasteiger partial charge in [0.1, 0.15) is 6.04 Å². The van der Waals surface area contributed by atoms with Crippen LogP contribution in [0.4, 0.5) is 0 Å². The first-order chi connectivity index (χ1) is 13.1. The molecule has 5 nitrogen and oxygen atoms in total. The molecule has 2 aromatic carbocycles. The number of carbonyl (C=O) groups excluding carboxylic acids is 3. The molecule has 4 rings (SSSR count). The number of nitrogens with zero attached hydrogens (tertiary/aromatic N) is 2. The Balaban J connectivity index is 1.90. The lowest BCUT2D eigenvalue weighted by Crippen LogP contribution is -2.53. The fraction of sp³-hybridized carbons (Fsp3) is 0.318. The van der Waals surface area contributed by atoms with Crippen LogP contribution in [0.1, 0.15) is 41.7 Å². The SMILES string of the molecule is CC(=O)N1CCN2CCCC(=O)c3ccc(-c4ccccc4)cc3[C@H]1C2=O. The van der Waals surface area contributed by atoms with Crippen molar-refractivity contribution in [1.29, 1.82) is 0 Å². The molecule has 0 N–H and O–H groups in total. The van der Waals surface area contributed by atoms with E-state index < -0.39 is 6.04 Å². The lowest BCUT2D eigenvalue weighted by atomic mass is 9.90. The maximum absolute atomic E-state index is 13.2. The third-order valence-electron chi connectivity index (χ3n) is 5.46. The van der Waals surface area contributed by atoms with Crippen molar-refractivity contribution in [2.75, 3.05) is 19.6 Å². The minimum Gasteiger partial charge on any atom is -0.339 e. The van der Waals surface area contributed by atoms with Crippen molar-refractivity contribution < 1.29 is 14.4 Å². The lowest BCUT2D eigenvalue weighted by Gasteiger charge is -2.40. The van der Waals surface area contributed by atoms with E-state index in [2.05, 4.69) is 0 Å². The van der Waals surface area contributed by atoms with E-state index in [4.69, 9.17) is 0 Å². The van der Waals surface area contributed by atoms with Crippen LogP contribution >= 0.6 is 0 Å². The number of Topliss-reactive ketones (excluding diaryl/α,β-unsaturated/α-hetero) is 1. The quantitative estimate of drug-likeness (QED) is 0.783. The normalized spacial score (nSPS) is 19.8. The summed E-state index contributed by atoms with van der Waals surface area (Å²) in [6.07, 6.45) is 1.06. The van der Waals surface area contributed by atoms with Gasteiger partial charge in [0.15, 0.2) is 5.78 Å². The molecular formula is C22H22N2O3. The van der Waals surface area contributed by atoms with Gasteiger partial charge in [0, 0.05) is 38.5 Å². The van der Waals surface area contributed by atoms with Crippen LogP contribution in [0.2, 0.25) is 0 Å². The van der Waals surface area contributed by atoms with E-state index in [-0.39, 0.29) is 17.6 Å². The number of benzene rings is 2. The topological polar surface area (TPSA) is 57.7 Å². The van der Waals surface area contributed by atoms with E-state index in [1.165, 1.54) is 6.92 Å². The molecule has 2 aromatic rings. The highest BCUT2D eigenvalue weighted by Crippen LogP contribution is 2.34. The van der Waals surface area contributed by atoms with Crippen LogP contribution < -0.4 is 0 Å². The summed E-state index contributed by atoms with van der Waals surface area (Å²) in [5.41, 5.74) is 3.16. The molecule has 2 bridgehead atoms. The summed E-state index contributed by atoms with van der Waals surface area (Å²) in [5, 5.41) is 0. The molecule has 2 aliphatic heterocycles. The summed E-state index contributed by atoms with van der Waals surface area (Å²) in [7, 11) is 0. The second-order valence-electron chi connectivity index (χ2n) is 7.14. The van der Waals surface area contributed by atoms with Gasteiger partial charge >= 0.3 is 0 Å². The molecule has 27 heavy (non-hydrogen) atoms. The first-order valence-corrected chi connectivity index (χ1v) is 9.35. The van der Waals surface area contributed by atoms with Crippen molar-refractivity contribution in [1.82, 2.24) is 9.80 Å². The Morgan fingerprint density at radius 1 is 0.963 bits per heavy atom. The summed E-state index contributed by atoms with van der Waals surface area (Å²) < 4.78 is 0. The average molecular weight is 362 g/mol. The summed E-state index contributed by atoms with van der Waals surface area (Å²) in [6.45, 7) is 3.07. The zero-order chi connectivity index (χ0) is 19.0. The summed E-state index contributed by atoms with van der Waals surface area (Å²) in [4.78, 5) is 41.6. The highest BCUT2D eigenvalue weighted by atomic mass is 16.2. The Kier molecular flexibility index (Phi) is 4.52. The molecule has 2 aliphatic rings. The van der Waals surface area contributed by atoms with E-state index in [0.717, 1.165) is 11.1 Å². The van der Waals surface area contributed by atoms with Crippen LogP contribution in [0, 0.1) is 0 Å². The van der Waals surface area contributed by atoms with Gasteiger partial charge in [-0.3, -0.25) is 14.4 Å². The van der Waals surface area contributed by atoms with E-state index >= 15 is 0 Å². The monoisotopic (exact) mass is 362 g/mol. The summed E-state index contributed by atoms with van der Waals surface area (Å²) >= 11 is 0. The molecule has 0 spiro atoms. The molecule has 5 heteroatoms. The lowest BCUT2D eigenvalue weighted by molar-refractivity contribution is -0.150. The molecule has 0 radical (unpaired) electrons. The maximum Gasteiger partial charge on any atom is 0.250 e. The van der Waals surface area contributed by atoms with Gasteiger partial charge < -0.3 is 9.80 Å². The standard InChI is InChI=1S/C22H22N2O3/c1-15(25)24-13-12-23-11-5-8-20(26)18-10-9-17(16-6-3-2-4-7-16)14-19(18)21(24)22(23)27/h2-4,6-7,9-10,14,21H,5,8,11-13H2,1H3/t21-/m0/s1. The average Bonchev–Trinajstić information content (AvgIpc) is 2.71. The third-order valence-corrected chi connectivity index (χ3v) is 5.46. The van der Waals surface area contributed by atoms with Gasteiger partial charge in [-0.2, -0.15) is 0 Å². The summed E-state index contributed by atoms with van der Waals surface area (Å²) in [6, 6.07) is 14.8. The second kappa shape index (κ2) is 6.99. The zero-order valence-electron chi connectivity index (χ0n) is 15.4. The highest BCUT2D eigenvalue weighted by molar-refractivity contribution is 6.01. The van der Waals surface area contributed by atoms with Gasteiger partial charge in [0.25, 0.3) is 0 Å². The molecule has 2 amide bonds. The Morgan fingerprint density at radius 3 is 2.48 bits per heavy atom. The smallest absolute Gasteiger partial charge is 0.250 e. The first-order valence-electron chi connectivity index (χ1n) is 9.35. The minimum absolute atomic E-state index is 0.0367. The number of piperazine rings is 1. The fourth-order valence-electron chi connectivity index (χ4n) is 4.05. The van der Waals surface area contributed by atoms with Gasteiger partial charge in [-0.05, 0) is 29.2 Å². The number of amides is 2. The molecule has 0 unspecified atom stereocenters. The van der Waals surface area contributed by atoms with Gasteiger partial charge in [-0.1, -0.05) is 42.5 Å². The molecular weight excluding hydrogens is 340 g/mol. The molecule has 1 atom stereocenters. The molecule has 1 fully saturated rings. The minimum atomic E-state index is -0.725. The third kappa shape index (κ3) is 3.14. The van der Waals surface area contributed by atoms with Crippen LogP contribution in [-0.2, 0) is 9.59 Å². The van der Waals surface area contributed by atoms with Crippen LogP contribution in [0.25, 0.3) is 11.1 Å². The predicted molar refractivity (Wildman–Crippen MR) is 102 cm³/mol. The number of hydrogen-bond donors (Lipinski definition) is 0. The molecule has 0 aromatic heterocycles. The van der Waals surface area contributed by atoms with Crippen LogP contribution in [0.5, 0.6) is 0 Å². The molecule has 0 aliphatic carbocycles. The van der Waals surface area contributed by atoms with Gasteiger partial charge in [-0.15, -0.1) is 0 Å². The Bertz CT molecular complexity index is 905. The first kappa shape index (κ1) is 17.5. The van der Waals surface area contributed by atoms with Crippen LogP contribution in [0.3, 0.4) is 0 Å². The highest BCUT2D eigenvalue weighted by Gasteiger charge is 2.39. The van der Waals surface area contributed by atoms with Gasteiger partial charge in [-0.25, -0.2) is 0 Å². The molecule has 2 heterocycles. The number of ketones is 1. The van der Waals surface area contributed by atoms with Crippen molar-refractivity contribution >= 4 is 17.6 Å². The Hall–Kier alpha value is -2.95. The summed E-state index contributed by atoms with van der Waals surface area (Å²) in [5.74, 6) is -0.192. The van der Waals surface area contributed by atoms with Crippen molar-refractivity contribution in [3.05, 3.63) is 59.7 Å². The van der Waals surface area contributed by atoms with E-state index in [1.54, 1.807) is 9.80 Å². The second-order valence-corrected chi connectivity index (χ2v) is 7.14. The van der Waals surface area contributed by atoms with E-state index in [9.17, 15) is 14.4 Å². The largest absolute Gasteiger partial charge is 0.339 e. The number of hydrogen-bond acceptors (Lipinski definition) is 3. The van der Waals surface area contributed by atoms with Crippen molar-refractivity contribution in [2.45, 2.75) is 25.8 Å². The maximum atomic E-state index is 13.2. The number of fused-ring (bicyclic) bond motifs is 4. The molecule has 1 saturated heterocycles. The number of carbonyl (C=O) groups is 3. The van der Waals surface area contributed by atoms with Gasteiger partial charge in [0.2, 0.25) is 11.8 Å². The van der Waals surface area contributed by atoms with E-state index in [0.29, 0.717) is 43.6 Å². The molecule has 138 valence electrons. The predicted octanol–water partition coefficient (Wildman–Crippen LogP) is 3.06. The Labute approximate surface area is 158 Å². The van der Waals surface area contributed by atoms with Crippen LogP contribution in [-0.4, -0.2) is 47.0 Å². The van der Waals surface area contributed by atoms with Crippen molar-refractivity contribution in [3.8, 4) is 11.1 Å². The van der Waals surface area contributed by atoms with E-state index in [1.807, 2.05) is 48.5 Å². The fourth-order valence-corrected chi connectivity index (χ4v) is 4.05. The zero-order valence-corrected chi connectivity index (χ0v) is 15.4. The van der Waals surface area contributed by atoms with Gasteiger partial charge in [0.05, 0.1) is 0 Å². The van der Waals surface area contributed by atoms with Crippen molar-refractivity contribution in [2.24, 2.45) is 0 Å². The van der Waals surface area contributed by atoms with Crippen molar-refractivity contribution in [3.63, 3.8) is 0 Å². The van der Waals surface area contributed by atoms with Crippen LogP contribution in [0.15, 0.2) is 48.5 Å². The number of rotatable bonds is 1.